The summed E-state index contributed by atoms with van der Waals surface area (Å²) >= 11 is 7.18. The molecule has 0 saturated carbocycles. The van der Waals surface area contributed by atoms with Gasteiger partial charge in [-0.15, -0.1) is 15.6 Å². The van der Waals surface area contributed by atoms with Crippen LogP contribution in [0.1, 0.15) is 39.3 Å². The largest absolute Gasteiger partial charge is 0.443 e. The van der Waals surface area contributed by atoms with E-state index in [0.717, 1.165) is 23.5 Å². The van der Waals surface area contributed by atoms with Crippen molar-refractivity contribution in [3.63, 3.8) is 0 Å². The number of rotatable bonds is 6. The number of sulfonamides is 1. The predicted molar refractivity (Wildman–Crippen MR) is 128 cm³/mol. The molecule has 1 atom stereocenters. The first-order valence-electron chi connectivity index (χ1n) is 10.2. The number of benzene rings is 2. The molecule has 1 N–H and O–H groups in total. The van der Waals surface area contributed by atoms with Crippen LogP contribution in [0.4, 0.5) is 33.9 Å². The predicted octanol–water partition coefficient (Wildman–Crippen LogP) is 6.66. The Morgan fingerprint density at radius 2 is 1.72 bits per heavy atom. The molecule has 0 fully saturated rings. The van der Waals surface area contributed by atoms with Gasteiger partial charge in [0.2, 0.25) is 0 Å². The molecule has 7 nitrogen and oxygen atoms in total. The second-order valence-corrected chi connectivity index (χ2v) is 11.4. The lowest BCUT2D eigenvalue weighted by Crippen LogP contribution is -2.41. The van der Waals surface area contributed by atoms with Crippen molar-refractivity contribution >= 4 is 50.6 Å². The number of halogens is 5. The van der Waals surface area contributed by atoms with E-state index in [1.807, 2.05) is 0 Å². The molecule has 0 aliphatic rings. The number of nitrogens with one attached hydrogen (secondary N) is 1. The second kappa shape index (κ2) is 10.2. The van der Waals surface area contributed by atoms with Crippen LogP contribution in [0.3, 0.4) is 0 Å². The van der Waals surface area contributed by atoms with E-state index in [1.165, 1.54) is 38.6 Å². The minimum atomic E-state index is -4.90. The van der Waals surface area contributed by atoms with Gasteiger partial charge < -0.3 is 10.1 Å². The fraction of sp³-hybridized carbons (Fsp3) is 0.273. The van der Waals surface area contributed by atoms with Crippen LogP contribution in [0.25, 0.3) is 0 Å². The standard InChI is InChI=1S/C22H20ClF4N3O4S2/c1-11(12-5-15(25)16(26)7-14(12)24)29-18-8-17(27)19(6-13(18)23)36(32,33)30(20-9-35-10-28-20)21(31)34-22(2,3)4/h5-11,29H,1-4H3/t11-/m0/s1. The lowest BCUT2D eigenvalue weighted by molar-refractivity contribution is 0.0608. The monoisotopic (exact) mass is 565 g/mol. The number of hydrogen-bond donors (Lipinski definition) is 1. The third kappa shape index (κ3) is 5.90. The molecule has 3 rings (SSSR count). The van der Waals surface area contributed by atoms with Crippen molar-refractivity contribution < 1.29 is 35.5 Å². The topological polar surface area (TPSA) is 88.6 Å². The van der Waals surface area contributed by atoms with Crippen molar-refractivity contribution in [2.75, 3.05) is 9.62 Å². The molecular weight excluding hydrogens is 546 g/mol. The van der Waals surface area contributed by atoms with Crippen molar-refractivity contribution in [3.05, 3.63) is 69.0 Å². The molecule has 0 aliphatic heterocycles. The first-order valence-corrected chi connectivity index (χ1v) is 12.9. The van der Waals surface area contributed by atoms with Crippen LogP contribution < -0.4 is 9.62 Å². The molecule has 0 unspecified atom stereocenters. The smallest absolute Gasteiger partial charge is 0.430 e. The number of carbonyl (C=O) groups excluding carboxylic acids is 1. The SMILES string of the molecule is C[C@H](Nc1cc(F)c(S(=O)(=O)N(C(=O)OC(C)(C)C)c2cscn2)cc1Cl)c1cc(F)c(F)cc1F. The second-order valence-electron chi connectivity index (χ2n) is 8.51. The third-order valence-electron chi connectivity index (χ3n) is 4.60. The molecule has 1 aromatic heterocycles. The van der Waals surface area contributed by atoms with Gasteiger partial charge in [-0.3, -0.25) is 0 Å². The number of amides is 1. The zero-order valence-corrected chi connectivity index (χ0v) is 21.7. The summed E-state index contributed by atoms with van der Waals surface area (Å²) in [5.74, 6) is -5.33. The summed E-state index contributed by atoms with van der Waals surface area (Å²) in [7, 11) is -4.90. The molecule has 1 heterocycles. The Kier molecular flexibility index (Phi) is 7.86. The minimum Gasteiger partial charge on any atom is -0.443 e. The molecule has 0 radical (unpaired) electrons. The number of hydrogen-bond acceptors (Lipinski definition) is 7. The summed E-state index contributed by atoms with van der Waals surface area (Å²) in [6.07, 6.45) is -1.31. The van der Waals surface area contributed by atoms with Crippen LogP contribution in [0, 0.1) is 23.3 Å². The molecular formula is C22H20ClF4N3O4S2. The Balaban J connectivity index is 2.00. The number of ether oxygens (including phenoxy) is 1. The van der Waals surface area contributed by atoms with E-state index >= 15 is 4.39 Å². The summed E-state index contributed by atoms with van der Waals surface area (Å²) in [6, 6.07) is 1.46. The van der Waals surface area contributed by atoms with E-state index < -0.39 is 55.9 Å². The highest BCUT2D eigenvalue weighted by atomic mass is 35.5. The van der Waals surface area contributed by atoms with Crippen LogP contribution in [0.5, 0.6) is 0 Å². The summed E-state index contributed by atoms with van der Waals surface area (Å²) in [5.41, 5.74) is -0.239. The third-order valence-corrected chi connectivity index (χ3v) is 7.18. The maximum atomic E-state index is 15.1. The van der Waals surface area contributed by atoms with E-state index in [9.17, 15) is 26.4 Å². The van der Waals surface area contributed by atoms with Crippen LogP contribution in [0.2, 0.25) is 5.02 Å². The first-order chi connectivity index (χ1) is 16.6. The molecule has 0 saturated heterocycles. The van der Waals surface area contributed by atoms with Gasteiger partial charge in [-0.05, 0) is 45.9 Å². The molecule has 1 amide bonds. The van der Waals surface area contributed by atoms with Gasteiger partial charge in [0.05, 0.1) is 22.3 Å². The highest BCUT2D eigenvalue weighted by molar-refractivity contribution is 7.93. The Morgan fingerprint density at radius 1 is 1.08 bits per heavy atom. The van der Waals surface area contributed by atoms with Crippen LogP contribution in [-0.2, 0) is 14.8 Å². The van der Waals surface area contributed by atoms with Gasteiger partial charge >= 0.3 is 6.09 Å². The summed E-state index contributed by atoms with van der Waals surface area (Å²) in [6.45, 7) is 5.93. The Hall–Kier alpha value is -2.90. The van der Waals surface area contributed by atoms with E-state index in [0.29, 0.717) is 12.1 Å². The zero-order valence-electron chi connectivity index (χ0n) is 19.3. The van der Waals surface area contributed by atoms with Crippen molar-refractivity contribution in [2.24, 2.45) is 0 Å². The van der Waals surface area contributed by atoms with Crippen LogP contribution >= 0.6 is 22.9 Å². The van der Waals surface area contributed by atoms with Gasteiger partial charge in [0.25, 0.3) is 10.0 Å². The number of anilines is 2. The minimum absolute atomic E-state index is 0.165. The molecule has 0 aliphatic carbocycles. The fourth-order valence-electron chi connectivity index (χ4n) is 3.04. The molecule has 2 aromatic carbocycles. The van der Waals surface area contributed by atoms with Gasteiger partial charge in [-0.1, -0.05) is 11.6 Å². The number of nitrogens with zero attached hydrogens (tertiary/aromatic N) is 2. The van der Waals surface area contributed by atoms with Crippen molar-refractivity contribution in [2.45, 2.75) is 44.2 Å². The first kappa shape index (κ1) is 27.7. The average molecular weight is 566 g/mol. The Bertz CT molecular complexity index is 1400. The molecule has 14 heteroatoms. The molecule has 36 heavy (non-hydrogen) atoms. The van der Waals surface area contributed by atoms with Gasteiger partial charge in [0.15, 0.2) is 17.5 Å². The van der Waals surface area contributed by atoms with E-state index in [2.05, 4.69) is 10.3 Å². The number of carbonyl (C=O) groups is 1. The van der Waals surface area contributed by atoms with Crippen LogP contribution in [-0.4, -0.2) is 25.1 Å². The summed E-state index contributed by atoms with van der Waals surface area (Å²) in [5, 5.41) is 3.58. The van der Waals surface area contributed by atoms with Gasteiger partial charge in [0, 0.05) is 17.0 Å². The lowest BCUT2D eigenvalue weighted by Gasteiger charge is -2.26. The molecule has 0 bridgehead atoms. The summed E-state index contributed by atoms with van der Waals surface area (Å²) in [4.78, 5) is 15.6. The quantitative estimate of drug-likeness (QED) is 0.266. The number of aromatic nitrogens is 1. The van der Waals surface area contributed by atoms with Crippen molar-refractivity contribution in [1.82, 2.24) is 4.98 Å². The lowest BCUT2D eigenvalue weighted by atomic mass is 10.1. The van der Waals surface area contributed by atoms with E-state index in [1.54, 1.807) is 0 Å². The van der Waals surface area contributed by atoms with Crippen molar-refractivity contribution in [1.29, 1.82) is 0 Å². The van der Waals surface area contributed by atoms with Gasteiger partial charge in [0.1, 0.15) is 22.1 Å². The molecule has 0 spiro atoms. The maximum Gasteiger partial charge on any atom is 0.430 e. The molecule has 194 valence electrons. The van der Waals surface area contributed by atoms with Crippen molar-refractivity contribution in [3.8, 4) is 0 Å². The van der Waals surface area contributed by atoms with E-state index in [-0.39, 0.29) is 26.4 Å². The summed E-state index contributed by atoms with van der Waals surface area (Å²) < 4.78 is 88.1. The normalized spacial score (nSPS) is 12.8. The van der Waals surface area contributed by atoms with Gasteiger partial charge in [-0.25, -0.2) is 35.8 Å². The zero-order chi connectivity index (χ0) is 27.0. The van der Waals surface area contributed by atoms with Crippen LogP contribution in [0.15, 0.2) is 40.1 Å². The fourth-order valence-corrected chi connectivity index (χ4v) is 5.26. The number of thiazole rings is 1. The Labute approximate surface area is 213 Å². The van der Waals surface area contributed by atoms with E-state index in [4.69, 9.17) is 16.3 Å². The molecule has 3 aromatic rings. The Morgan fingerprint density at radius 3 is 2.31 bits per heavy atom. The maximum absolute atomic E-state index is 15.1. The highest BCUT2D eigenvalue weighted by Crippen LogP contribution is 2.34. The van der Waals surface area contributed by atoms with Gasteiger partial charge in [-0.2, -0.15) is 0 Å². The average Bonchev–Trinajstić information content (AvgIpc) is 3.25. The highest BCUT2D eigenvalue weighted by Gasteiger charge is 2.38.